The smallest absolute Gasteiger partial charge is 0.344 e. The average Bonchev–Trinajstić information content (AvgIpc) is 1.03. The van der Waals surface area contributed by atoms with Gasteiger partial charge in [0, 0.05) is 18.3 Å². The van der Waals surface area contributed by atoms with Crippen LogP contribution in [-0.4, -0.2) is 128 Å². The number of hydrogen-bond donors (Lipinski definition) is 1. The summed E-state index contributed by atoms with van der Waals surface area (Å²) < 4.78 is 72.5. The highest BCUT2D eigenvalue weighted by Crippen LogP contribution is 2.64. The van der Waals surface area contributed by atoms with E-state index in [4.69, 9.17) is 42.1 Å². The molecular formula is C75H118O20S. The van der Waals surface area contributed by atoms with Crippen molar-refractivity contribution < 1.29 is 94.0 Å². The molecule has 21 heteroatoms. The minimum absolute atomic E-state index is 0.00904. The maximum absolute atomic E-state index is 12.8. The topological polar surface area (TPSA) is 274 Å². The van der Waals surface area contributed by atoms with Gasteiger partial charge in [0.25, 0.3) is 10.1 Å². The van der Waals surface area contributed by atoms with E-state index in [0.29, 0.717) is 73.5 Å². The predicted molar refractivity (Wildman–Crippen MR) is 354 cm³/mol. The van der Waals surface area contributed by atoms with Gasteiger partial charge in [0.2, 0.25) is 0 Å². The second kappa shape index (κ2) is 28.9. The van der Waals surface area contributed by atoms with Crippen LogP contribution in [0.4, 0.5) is 0 Å². The van der Waals surface area contributed by atoms with Gasteiger partial charge < -0.3 is 43.0 Å². The van der Waals surface area contributed by atoms with Gasteiger partial charge in [0.15, 0.2) is 13.2 Å². The van der Waals surface area contributed by atoms with E-state index in [1.54, 1.807) is 27.7 Å². The van der Waals surface area contributed by atoms with Crippen molar-refractivity contribution in [2.75, 3.05) is 26.4 Å². The molecule has 14 saturated carbocycles. The Balaban J connectivity index is 0.000000152. The molecular weight excluding hydrogens is 1250 g/mol. The van der Waals surface area contributed by atoms with Crippen LogP contribution >= 0.6 is 0 Å². The zero-order chi connectivity index (χ0) is 70.5. The van der Waals surface area contributed by atoms with Gasteiger partial charge in [-0.3, -0.25) is 33.0 Å². The Morgan fingerprint density at radius 3 is 1.42 bits per heavy atom. The molecule has 1 heterocycles. The number of ether oxygens (including phenoxy) is 8. The molecule has 7 unspecified atom stereocenters. The molecule has 1 aliphatic heterocycles. The Bertz CT molecular complexity index is 2910. The van der Waals surface area contributed by atoms with Gasteiger partial charge >= 0.3 is 47.8 Å². The van der Waals surface area contributed by atoms with Crippen molar-refractivity contribution in [1.82, 2.24) is 0 Å². The first-order chi connectivity index (χ1) is 44.7. The maximum atomic E-state index is 12.8. The third-order valence-electron chi connectivity index (χ3n) is 26.2. The van der Waals surface area contributed by atoms with Gasteiger partial charge in [-0.05, 0) is 262 Å². The van der Waals surface area contributed by atoms with Gasteiger partial charge in [0.05, 0.1) is 45.4 Å². The second-order valence-corrected chi connectivity index (χ2v) is 36.7. The van der Waals surface area contributed by atoms with E-state index in [1.165, 1.54) is 44.9 Å². The first-order valence-electron chi connectivity index (χ1n) is 36.9. The minimum Gasteiger partial charge on any atom is -0.462 e. The lowest BCUT2D eigenvalue weighted by molar-refractivity contribution is -0.231. The Hall–Kier alpha value is -4.37. The summed E-state index contributed by atoms with van der Waals surface area (Å²) in [6.07, 6.45) is 20.7. The van der Waals surface area contributed by atoms with E-state index < -0.39 is 98.1 Å². The Labute approximate surface area is 572 Å². The van der Waals surface area contributed by atoms with E-state index in [9.17, 15) is 51.9 Å². The van der Waals surface area contributed by atoms with Gasteiger partial charge in [-0.2, -0.15) is 8.42 Å². The third-order valence-corrected chi connectivity index (χ3v) is 28.0. The van der Waals surface area contributed by atoms with Crippen molar-refractivity contribution in [3.63, 3.8) is 0 Å². The summed E-state index contributed by atoms with van der Waals surface area (Å²) in [4.78, 5) is 96.7. The fraction of sp³-hybridized carbons (Fsp3) is 0.893. The zero-order valence-corrected chi connectivity index (χ0v) is 61.5. The highest BCUT2D eigenvalue weighted by Gasteiger charge is 2.66. The summed E-state index contributed by atoms with van der Waals surface area (Å²) >= 11 is 0. The monoisotopic (exact) mass is 1370 g/mol. The molecule has 1 saturated heterocycles. The first-order valence-corrected chi connectivity index (χ1v) is 38.4. The van der Waals surface area contributed by atoms with E-state index in [0.717, 1.165) is 87.9 Å². The average molecular weight is 1370 g/mol. The minimum atomic E-state index is -3.56. The highest BCUT2D eigenvalue weighted by atomic mass is 32.2. The largest absolute Gasteiger partial charge is 0.462 e. The van der Waals surface area contributed by atoms with Crippen LogP contribution in [0.25, 0.3) is 0 Å². The molecule has 0 amide bonds. The van der Waals surface area contributed by atoms with Crippen molar-refractivity contribution in [1.29, 1.82) is 0 Å². The van der Waals surface area contributed by atoms with Crippen LogP contribution < -0.4 is 0 Å². The quantitative estimate of drug-likeness (QED) is 0.0431. The molecule has 15 aliphatic rings. The maximum Gasteiger partial charge on any atom is 0.344 e. The Morgan fingerprint density at radius 1 is 0.490 bits per heavy atom. The summed E-state index contributed by atoms with van der Waals surface area (Å²) in [6, 6.07) is 0. The number of rotatable bonds is 23. The second-order valence-electron chi connectivity index (χ2n) is 34.9. The number of carbonyl (C=O) groups excluding carboxylic acids is 8. The van der Waals surface area contributed by atoms with Crippen LogP contribution in [-0.2, 0) is 90.6 Å². The van der Waals surface area contributed by atoms with Gasteiger partial charge in [-0.1, -0.05) is 41.5 Å². The SMILES string of the molecule is CCC(C)(C)C(=O)OC1(C(C)C)C2CC3CC(C2)CC1C3.CCC(C)(C)C(=O)OC12CC3CC(CC(O)(C3)C1)C2.CCC(C)(C)C(=O)OCC(=O)OCC(=O)OC1(C)C2CC3CC(C2)CC1C3.CCC(C)(C)C(=O)OCCOC(=O)CCC(=O)OC1C2CC3C1OS(=O)(=O)C3C2. The third kappa shape index (κ3) is 16.3. The van der Waals surface area contributed by atoms with Crippen molar-refractivity contribution in [3.05, 3.63) is 0 Å². The fourth-order valence-corrected chi connectivity index (χ4v) is 21.6. The standard InChI is InChI=1S/C21H32O6.C19H28O9S.C19H32O2.C16H26O3/c1-5-20(2,3)19(24)26-11-17(22)25-12-18(23)27-21(4)15-7-13-6-14(9-15)10-16(21)8-13;1-4-19(2,3)18(22)26-8-7-25-14(20)5-6-15(21)27-16-11-9-12-13(10-11)29(23,24)28-17(12)16;1-6-18(4,5)17(20)21-19(12(2)3)15-8-13-7-14(10-15)11-16(19)9-13;1-4-14(2,3)13(17)19-16-8-11-5-12(9-16)7-15(18,6-11)10-16/h13-16H,5-12H2,1-4H3;11-13,16-17H,4-10H2,1-3H3;12-16H,6-11H2,1-5H3;11-12,18H,4-10H2,1-3H3. The van der Waals surface area contributed by atoms with Crippen LogP contribution in [0.5, 0.6) is 0 Å². The predicted octanol–water partition coefficient (Wildman–Crippen LogP) is 12.5. The van der Waals surface area contributed by atoms with Crippen LogP contribution in [0.3, 0.4) is 0 Å². The van der Waals surface area contributed by atoms with Crippen LogP contribution in [0.1, 0.15) is 258 Å². The summed E-state index contributed by atoms with van der Waals surface area (Å²) in [7, 11) is -3.56. The molecule has 14 bridgehead atoms. The van der Waals surface area contributed by atoms with Crippen molar-refractivity contribution >= 4 is 57.9 Å². The molecule has 96 heavy (non-hydrogen) atoms. The van der Waals surface area contributed by atoms with E-state index in [1.807, 2.05) is 48.5 Å². The van der Waals surface area contributed by atoms with Crippen molar-refractivity contribution in [2.45, 2.75) is 298 Å². The lowest BCUT2D eigenvalue weighted by Crippen LogP contribution is -2.63. The number of fused-ring (bicyclic) bond motifs is 1. The highest BCUT2D eigenvalue weighted by molar-refractivity contribution is 7.87. The molecule has 20 nitrogen and oxygen atoms in total. The first kappa shape index (κ1) is 75.8. The Morgan fingerprint density at radius 2 is 0.927 bits per heavy atom. The molecule has 544 valence electrons. The Kier molecular flexibility index (Phi) is 22.9. The summed E-state index contributed by atoms with van der Waals surface area (Å²) in [5.74, 6) is 3.64. The van der Waals surface area contributed by atoms with Crippen molar-refractivity contribution in [3.8, 4) is 0 Å². The molecule has 15 rings (SSSR count). The van der Waals surface area contributed by atoms with E-state index >= 15 is 0 Å². The normalized spacial score (nSPS) is 37.0. The number of carbonyl (C=O) groups is 8. The van der Waals surface area contributed by atoms with Crippen LogP contribution in [0.2, 0.25) is 0 Å². The van der Waals surface area contributed by atoms with Crippen LogP contribution in [0, 0.1) is 98.6 Å². The van der Waals surface area contributed by atoms with Gasteiger partial charge in [-0.15, -0.1) is 0 Å². The fourth-order valence-electron chi connectivity index (χ4n) is 19.7. The molecule has 14 aliphatic carbocycles. The molecule has 0 radical (unpaired) electrons. The number of hydrogen-bond acceptors (Lipinski definition) is 20. The van der Waals surface area contributed by atoms with Crippen LogP contribution in [0.15, 0.2) is 0 Å². The molecule has 7 atom stereocenters. The number of esters is 8. The molecule has 0 spiro atoms. The molecule has 0 aromatic heterocycles. The summed E-state index contributed by atoms with van der Waals surface area (Å²) in [5.41, 5.74) is -3.51. The summed E-state index contributed by atoms with van der Waals surface area (Å²) in [6.45, 7) is 28.4. The van der Waals surface area contributed by atoms with Gasteiger partial charge in [0.1, 0.15) is 42.2 Å². The van der Waals surface area contributed by atoms with E-state index in [-0.39, 0.29) is 72.4 Å². The lowest BCUT2D eigenvalue weighted by Gasteiger charge is -2.62. The van der Waals surface area contributed by atoms with E-state index in [2.05, 4.69) is 27.7 Å². The molecule has 0 aromatic rings. The molecule has 1 N–H and O–H groups in total. The lowest BCUT2D eigenvalue weighted by atomic mass is 9.47. The molecule has 0 aromatic carbocycles. The number of aliphatic hydroxyl groups is 1. The summed E-state index contributed by atoms with van der Waals surface area (Å²) in [5, 5.41) is 10.2. The zero-order valence-electron chi connectivity index (χ0n) is 60.6. The van der Waals surface area contributed by atoms with Crippen molar-refractivity contribution in [2.24, 2.45) is 98.6 Å². The van der Waals surface area contributed by atoms with Gasteiger partial charge in [-0.25, -0.2) is 9.59 Å². The molecule has 15 fully saturated rings.